The highest BCUT2D eigenvalue weighted by Gasteiger charge is 2.32. The number of hydrogen-bond donors (Lipinski definition) is 2. The van der Waals surface area contributed by atoms with E-state index in [2.05, 4.69) is 15.9 Å². The van der Waals surface area contributed by atoms with Crippen molar-refractivity contribution in [2.45, 2.75) is 6.04 Å². The Hall–Kier alpha value is -1.60. The Kier molecular flexibility index (Phi) is 4.06. The number of morpholine rings is 1. The van der Waals surface area contributed by atoms with Gasteiger partial charge in [-0.1, -0.05) is 15.9 Å². The van der Waals surface area contributed by atoms with E-state index in [9.17, 15) is 14.7 Å². The van der Waals surface area contributed by atoms with Gasteiger partial charge in [0, 0.05) is 11.0 Å². The maximum absolute atomic E-state index is 12.4. The highest BCUT2D eigenvalue weighted by Crippen LogP contribution is 2.24. The molecule has 1 saturated heterocycles. The topological polar surface area (TPSA) is 92.9 Å². The zero-order chi connectivity index (χ0) is 14.0. The average molecular weight is 329 g/mol. The summed E-state index contributed by atoms with van der Waals surface area (Å²) in [5, 5.41) is 9.75. The number of ether oxygens (including phenoxy) is 1. The van der Waals surface area contributed by atoms with E-state index in [4.69, 9.17) is 10.5 Å². The molecular weight excluding hydrogens is 316 g/mol. The molecule has 1 atom stereocenters. The maximum Gasteiger partial charge on any atom is 0.258 e. The van der Waals surface area contributed by atoms with E-state index in [0.29, 0.717) is 11.1 Å². The minimum atomic E-state index is -0.806. The molecule has 0 aromatic heterocycles. The van der Waals surface area contributed by atoms with Crippen molar-refractivity contribution < 1.29 is 19.4 Å². The first-order valence-electron chi connectivity index (χ1n) is 5.67. The summed E-state index contributed by atoms with van der Waals surface area (Å²) in [7, 11) is 0. The number of carbonyl (C=O) groups is 2. The summed E-state index contributed by atoms with van der Waals surface area (Å²) in [6.07, 6.45) is 0. The van der Waals surface area contributed by atoms with Crippen molar-refractivity contribution in [3.63, 3.8) is 0 Å². The van der Waals surface area contributed by atoms with Gasteiger partial charge in [-0.25, -0.2) is 0 Å². The zero-order valence-electron chi connectivity index (χ0n) is 10.0. The third-order valence-electron chi connectivity index (χ3n) is 2.91. The number of hydrogen-bond acceptors (Lipinski definition) is 4. The molecule has 7 heteroatoms. The lowest BCUT2D eigenvalue weighted by atomic mass is 10.1. The van der Waals surface area contributed by atoms with Crippen molar-refractivity contribution in [3.05, 3.63) is 28.2 Å². The molecule has 3 N–H and O–H groups in total. The summed E-state index contributed by atoms with van der Waals surface area (Å²) in [5.74, 6) is -1.20. The van der Waals surface area contributed by atoms with E-state index in [1.807, 2.05) is 0 Å². The summed E-state index contributed by atoms with van der Waals surface area (Å²) >= 11 is 3.23. The molecule has 0 saturated carbocycles. The van der Waals surface area contributed by atoms with Crippen LogP contribution in [0.3, 0.4) is 0 Å². The van der Waals surface area contributed by atoms with Crippen LogP contribution in [-0.2, 0) is 9.53 Å². The molecule has 1 aromatic rings. The first-order valence-corrected chi connectivity index (χ1v) is 6.46. The van der Waals surface area contributed by atoms with Crippen molar-refractivity contribution in [1.82, 2.24) is 4.90 Å². The Morgan fingerprint density at radius 2 is 2.21 bits per heavy atom. The Balaban J connectivity index is 2.31. The largest absolute Gasteiger partial charge is 0.507 e. The molecular formula is C12H13BrN2O4. The molecule has 1 aliphatic rings. The molecule has 0 bridgehead atoms. The van der Waals surface area contributed by atoms with Crippen LogP contribution in [0.2, 0.25) is 0 Å². The second-order valence-electron chi connectivity index (χ2n) is 4.15. The van der Waals surface area contributed by atoms with Crippen molar-refractivity contribution >= 4 is 27.7 Å². The van der Waals surface area contributed by atoms with E-state index >= 15 is 0 Å². The molecule has 1 aromatic carbocycles. The summed E-state index contributed by atoms with van der Waals surface area (Å²) in [4.78, 5) is 25.0. The van der Waals surface area contributed by atoms with Crippen LogP contribution in [-0.4, -0.2) is 47.6 Å². The van der Waals surface area contributed by atoms with Gasteiger partial charge in [-0.2, -0.15) is 0 Å². The third kappa shape index (κ3) is 2.87. The van der Waals surface area contributed by atoms with Gasteiger partial charge in [0.1, 0.15) is 11.8 Å². The number of carbonyl (C=O) groups excluding carboxylic acids is 2. The molecule has 1 heterocycles. The predicted octanol–water partition coefficient (Wildman–Crippen LogP) is 0.481. The number of halogens is 1. The van der Waals surface area contributed by atoms with E-state index in [1.165, 1.54) is 17.0 Å². The number of amides is 2. The summed E-state index contributed by atoms with van der Waals surface area (Å²) in [6, 6.07) is 3.73. The predicted molar refractivity (Wildman–Crippen MR) is 70.6 cm³/mol. The van der Waals surface area contributed by atoms with Gasteiger partial charge < -0.3 is 20.5 Å². The number of nitrogens with two attached hydrogens (primary N) is 1. The number of primary amides is 1. The van der Waals surface area contributed by atoms with Gasteiger partial charge in [0.05, 0.1) is 18.8 Å². The van der Waals surface area contributed by atoms with Gasteiger partial charge in [0.2, 0.25) is 5.91 Å². The monoisotopic (exact) mass is 328 g/mol. The Morgan fingerprint density at radius 3 is 2.89 bits per heavy atom. The number of nitrogens with zero attached hydrogens (tertiary/aromatic N) is 1. The lowest BCUT2D eigenvalue weighted by Crippen LogP contribution is -2.54. The van der Waals surface area contributed by atoms with Crippen molar-refractivity contribution in [2.24, 2.45) is 5.73 Å². The van der Waals surface area contributed by atoms with Crippen LogP contribution in [0.4, 0.5) is 0 Å². The lowest BCUT2D eigenvalue weighted by molar-refractivity contribution is -0.127. The first kappa shape index (κ1) is 13.8. The fourth-order valence-electron chi connectivity index (χ4n) is 1.92. The zero-order valence-corrected chi connectivity index (χ0v) is 11.6. The van der Waals surface area contributed by atoms with Gasteiger partial charge in [0.15, 0.2) is 0 Å². The number of phenolic OH excluding ortho intramolecular Hbond substituents is 1. The van der Waals surface area contributed by atoms with Crippen LogP contribution < -0.4 is 5.73 Å². The molecule has 6 nitrogen and oxygen atoms in total. The van der Waals surface area contributed by atoms with Gasteiger partial charge in [0.25, 0.3) is 5.91 Å². The standard InChI is InChI=1S/C12H13BrN2O4/c13-7-1-2-10(16)8(5-7)12(18)15-3-4-19-6-9(15)11(14)17/h1-2,5,9,16H,3-4,6H2,(H2,14,17). The molecule has 19 heavy (non-hydrogen) atoms. The number of aromatic hydroxyl groups is 1. The minimum absolute atomic E-state index is 0.0792. The molecule has 1 unspecified atom stereocenters. The van der Waals surface area contributed by atoms with Crippen molar-refractivity contribution in [3.8, 4) is 5.75 Å². The number of phenols is 1. The number of benzene rings is 1. The fraction of sp³-hybridized carbons (Fsp3) is 0.333. The highest BCUT2D eigenvalue weighted by molar-refractivity contribution is 9.10. The van der Waals surface area contributed by atoms with E-state index in [0.717, 1.165) is 0 Å². The summed E-state index contributed by atoms with van der Waals surface area (Å²) in [5.41, 5.74) is 5.38. The third-order valence-corrected chi connectivity index (χ3v) is 3.40. The van der Waals surface area contributed by atoms with Crippen molar-refractivity contribution in [1.29, 1.82) is 0 Å². The van der Waals surface area contributed by atoms with E-state index < -0.39 is 17.9 Å². The molecule has 0 aliphatic carbocycles. The van der Waals surface area contributed by atoms with Gasteiger partial charge in [-0.3, -0.25) is 9.59 Å². The molecule has 2 rings (SSSR count). The van der Waals surface area contributed by atoms with Crippen LogP contribution in [0.5, 0.6) is 5.75 Å². The summed E-state index contributed by atoms with van der Waals surface area (Å²) in [6.45, 7) is 0.679. The average Bonchev–Trinajstić information content (AvgIpc) is 2.40. The van der Waals surface area contributed by atoms with Gasteiger partial charge in [-0.05, 0) is 18.2 Å². The van der Waals surface area contributed by atoms with Crippen LogP contribution in [0, 0.1) is 0 Å². The first-order chi connectivity index (χ1) is 9.00. The SMILES string of the molecule is NC(=O)C1COCCN1C(=O)c1cc(Br)ccc1O. The van der Waals surface area contributed by atoms with E-state index in [-0.39, 0.29) is 24.5 Å². The van der Waals surface area contributed by atoms with Crippen LogP contribution in [0.25, 0.3) is 0 Å². The fourth-order valence-corrected chi connectivity index (χ4v) is 2.28. The molecule has 1 fully saturated rings. The Labute approximate surface area is 118 Å². The Bertz CT molecular complexity index is 520. The quantitative estimate of drug-likeness (QED) is 0.825. The lowest BCUT2D eigenvalue weighted by Gasteiger charge is -2.33. The molecule has 1 aliphatic heterocycles. The Morgan fingerprint density at radius 1 is 1.47 bits per heavy atom. The van der Waals surface area contributed by atoms with Crippen LogP contribution in [0.1, 0.15) is 10.4 Å². The number of rotatable bonds is 2. The van der Waals surface area contributed by atoms with Crippen molar-refractivity contribution in [2.75, 3.05) is 19.8 Å². The minimum Gasteiger partial charge on any atom is -0.507 e. The molecule has 2 amide bonds. The normalized spacial score (nSPS) is 19.2. The molecule has 0 radical (unpaired) electrons. The smallest absolute Gasteiger partial charge is 0.258 e. The molecule has 102 valence electrons. The van der Waals surface area contributed by atoms with Crippen LogP contribution >= 0.6 is 15.9 Å². The summed E-state index contributed by atoms with van der Waals surface area (Å²) < 4.78 is 5.81. The van der Waals surface area contributed by atoms with Gasteiger partial charge in [-0.15, -0.1) is 0 Å². The van der Waals surface area contributed by atoms with Gasteiger partial charge >= 0.3 is 0 Å². The molecule has 0 spiro atoms. The second kappa shape index (κ2) is 5.58. The second-order valence-corrected chi connectivity index (χ2v) is 5.07. The van der Waals surface area contributed by atoms with E-state index in [1.54, 1.807) is 6.07 Å². The highest BCUT2D eigenvalue weighted by atomic mass is 79.9. The van der Waals surface area contributed by atoms with Crippen LogP contribution in [0.15, 0.2) is 22.7 Å². The maximum atomic E-state index is 12.4.